The van der Waals surface area contributed by atoms with Crippen LogP contribution in [0.5, 0.6) is 0 Å². The summed E-state index contributed by atoms with van der Waals surface area (Å²) < 4.78 is 1.66. The highest BCUT2D eigenvalue weighted by Gasteiger charge is 2.14. The number of aliphatic hydroxyl groups excluding tert-OH is 1. The van der Waals surface area contributed by atoms with Crippen LogP contribution in [0.2, 0.25) is 5.28 Å². The maximum absolute atomic E-state index is 8.87. The first-order valence-corrected chi connectivity index (χ1v) is 6.77. The van der Waals surface area contributed by atoms with E-state index in [1.165, 1.54) is 0 Å². The Morgan fingerprint density at radius 2 is 1.95 bits per heavy atom. The Labute approximate surface area is 137 Å². The van der Waals surface area contributed by atoms with Gasteiger partial charge in [0.2, 0.25) is 17.2 Å². The van der Waals surface area contributed by atoms with Gasteiger partial charge in [0.15, 0.2) is 0 Å². The molecular weight excluding hydrogens is 327 g/mol. The summed E-state index contributed by atoms with van der Waals surface area (Å²) in [5.74, 6) is 1.33. The highest BCUT2D eigenvalue weighted by atomic mass is 35.5. The highest BCUT2D eigenvalue weighted by molar-refractivity contribution is 6.29. The molecule has 0 bridgehead atoms. The minimum absolute atomic E-state index is 0. The van der Waals surface area contributed by atoms with Gasteiger partial charge in [0, 0.05) is 6.54 Å². The summed E-state index contributed by atoms with van der Waals surface area (Å²) in [4.78, 5) is 17.1. The molecule has 2 heterocycles. The van der Waals surface area contributed by atoms with E-state index >= 15 is 0 Å². The van der Waals surface area contributed by atoms with Crippen molar-refractivity contribution in [2.75, 3.05) is 18.5 Å². The van der Waals surface area contributed by atoms with E-state index in [1.807, 2.05) is 24.3 Å². The Kier molecular flexibility index (Phi) is 5.12. The molecule has 0 spiro atoms. The van der Waals surface area contributed by atoms with Gasteiger partial charge in [-0.05, 0) is 30.7 Å². The first kappa shape index (κ1) is 16.4. The van der Waals surface area contributed by atoms with E-state index in [0.29, 0.717) is 24.3 Å². The minimum Gasteiger partial charge on any atom is -0.395 e. The average molecular weight is 341 g/mol. The molecule has 0 fully saturated rings. The number of rotatable bonds is 4. The summed E-state index contributed by atoms with van der Waals surface area (Å²) in [7, 11) is 0. The molecule has 0 radical (unpaired) electrons. The summed E-state index contributed by atoms with van der Waals surface area (Å²) in [6.45, 7) is 2.12. The summed E-state index contributed by atoms with van der Waals surface area (Å²) in [6, 6.07) is 7.56. The van der Waals surface area contributed by atoms with E-state index in [1.54, 1.807) is 11.5 Å². The van der Waals surface area contributed by atoms with E-state index in [2.05, 4.69) is 25.3 Å². The fourth-order valence-corrected chi connectivity index (χ4v) is 2.26. The Bertz CT molecular complexity index is 791. The van der Waals surface area contributed by atoms with Crippen LogP contribution in [-0.4, -0.2) is 42.8 Å². The lowest BCUT2D eigenvalue weighted by molar-refractivity contribution is 0.310. The lowest BCUT2D eigenvalue weighted by Crippen LogP contribution is -2.12. The number of hydrogen-bond acceptors (Lipinski definition) is 6. The number of imidazole rings is 1. The monoisotopic (exact) mass is 340 g/mol. The van der Waals surface area contributed by atoms with Gasteiger partial charge in [0.25, 0.3) is 0 Å². The first-order chi connectivity index (χ1) is 10.2. The van der Waals surface area contributed by atoms with Crippen LogP contribution >= 0.6 is 24.0 Å². The van der Waals surface area contributed by atoms with Crippen molar-refractivity contribution in [3.63, 3.8) is 0 Å². The maximum Gasteiger partial charge on any atom is 0.241 e. The van der Waals surface area contributed by atoms with Gasteiger partial charge in [0.1, 0.15) is 5.82 Å². The number of para-hydroxylation sites is 2. The smallest absolute Gasteiger partial charge is 0.241 e. The molecule has 0 aliphatic carbocycles. The molecule has 0 unspecified atom stereocenters. The number of hydrogen-bond donors (Lipinski definition) is 2. The number of nitrogens with one attached hydrogen (secondary N) is 1. The molecule has 22 heavy (non-hydrogen) atoms. The quantitative estimate of drug-likeness (QED) is 0.755. The second kappa shape index (κ2) is 6.87. The topological polar surface area (TPSA) is 88.8 Å². The number of nitrogens with zero attached hydrogens (tertiary/aromatic N) is 5. The molecule has 3 rings (SSSR count). The van der Waals surface area contributed by atoms with Gasteiger partial charge in [-0.1, -0.05) is 12.1 Å². The molecule has 0 amide bonds. The molecule has 2 aromatic heterocycles. The Hall–Kier alpha value is -1.96. The number of halogens is 2. The van der Waals surface area contributed by atoms with Crippen LogP contribution in [0.4, 0.5) is 5.95 Å². The number of fused-ring (bicyclic) bond motifs is 1. The number of aryl methyl sites for hydroxylation is 1. The molecule has 0 atom stereocenters. The predicted octanol–water partition coefficient (Wildman–Crippen LogP) is 2.00. The lowest BCUT2D eigenvalue weighted by atomic mass is 10.3. The fraction of sp³-hybridized carbons (Fsp3) is 0.231. The zero-order valence-corrected chi connectivity index (χ0v) is 13.3. The van der Waals surface area contributed by atoms with Crippen LogP contribution in [-0.2, 0) is 0 Å². The van der Waals surface area contributed by atoms with Crippen LogP contribution in [0.3, 0.4) is 0 Å². The number of anilines is 1. The van der Waals surface area contributed by atoms with Gasteiger partial charge < -0.3 is 10.4 Å². The van der Waals surface area contributed by atoms with Crippen molar-refractivity contribution in [2.24, 2.45) is 0 Å². The standard InChI is InChI=1S/C13H13ClN6O.ClH/c1-8-16-12(15-6-7-21)19-13(17-8)20-10-5-3-2-4-9(10)18-11(20)14;/h2-5,21H,6-7H2,1H3,(H,15,16,17,19);1H. The zero-order chi connectivity index (χ0) is 14.8. The molecule has 3 aromatic rings. The van der Waals surface area contributed by atoms with Crippen molar-refractivity contribution in [3.05, 3.63) is 35.4 Å². The van der Waals surface area contributed by atoms with Crippen molar-refractivity contribution in [1.29, 1.82) is 0 Å². The molecule has 0 aliphatic heterocycles. The largest absolute Gasteiger partial charge is 0.395 e. The van der Waals surface area contributed by atoms with Crippen molar-refractivity contribution >= 4 is 41.0 Å². The van der Waals surface area contributed by atoms with Gasteiger partial charge in [-0.25, -0.2) is 4.98 Å². The van der Waals surface area contributed by atoms with Crippen molar-refractivity contribution in [3.8, 4) is 5.95 Å². The molecule has 7 nitrogen and oxygen atoms in total. The van der Waals surface area contributed by atoms with Gasteiger partial charge in [-0.3, -0.25) is 4.57 Å². The Morgan fingerprint density at radius 3 is 2.73 bits per heavy atom. The van der Waals surface area contributed by atoms with Gasteiger partial charge >= 0.3 is 0 Å². The van der Waals surface area contributed by atoms with E-state index in [4.69, 9.17) is 16.7 Å². The zero-order valence-electron chi connectivity index (χ0n) is 11.7. The third kappa shape index (κ3) is 3.11. The second-order valence-electron chi connectivity index (χ2n) is 4.36. The third-order valence-corrected chi connectivity index (χ3v) is 3.10. The SMILES string of the molecule is Cc1nc(NCCO)nc(-n2c(Cl)nc3ccccc32)n1.Cl. The number of benzene rings is 1. The van der Waals surface area contributed by atoms with Crippen LogP contribution in [0.25, 0.3) is 17.0 Å². The molecule has 0 aliphatic rings. The number of aliphatic hydroxyl groups is 1. The van der Waals surface area contributed by atoms with Crippen molar-refractivity contribution in [1.82, 2.24) is 24.5 Å². The molecule has 2 N–H and O–H groups in total. The maximum atomic E-state index is 8.87. The predicted molar refractivity (Wildman–Crippen MR) is 87.0 cm³/mol. The van der Waals surface area contributed by atoms with Gasteiger partial charge in [-0.15, -0.1) is 12.4 Å². The number of aromatic nitrogens is 5. The first-order valence-electron chi connectivity index (χ1n) is 6.40. The summed E-state index contributed by atoms with van der Waals surface area (Å²) in [5, 5.41) is 12.1. The van der Waals surface area contributed by atoms with E-state index in [0.717, 1.165) is 11.0 Å². The van der Waals surface area contributed by atoms with Crippen molar-refractivity contribution in [2.45, 2.75) is 6.92 Å². The normalized spacial score (nSPS) is 10.5. The second-order valence-corrected chi connectivity index (χ2v) is 4.70. The fourth-order valence-electron chi connectivity index (χ4n) is 2.00. The molecule has 1 aromatic carbocycles. The Morgan fingerprint density at radius 1 is 1.18 bits per heavy atom. The summed E-state index contributed by atoms with van der Waals surface area (Å²) >= 11 is 6.20. The average Bonchev–Trinajstić information content (AvgIpc) is 2.80. The van der Waals surface area contributed by atoms with E-state index in [9.17, 15) is 0 Å². The van der Waals surface area contributed by atoms with Gasteiger partial charge in [-0.2, -0.15) is 15.0 Å². The van der Waals surface area contributed by atoms with E-state index in [-0.39, 0.29) is 24.3 Å². The molecule has 0 saturated heterocycles. The summed E-state index contributed by atoms with van der Waals surface area (Å²) in [6.07, 6.45) is 0. The molecule has 9 heteroatoms. The Balaban J connectivity index is 0.00000176. The lowest BCUT2D eigenvalue weighted by Gasteiger charge is -2.08. The van der Waals surface area contributed by atoms with Crippen LogP contribution in [0, 0.1) is 6.92 Å². The molecule has 0 saturated carbocycles. The van der Waals surface area contributed by atoms with E-state index < -0.39 is 0 Å². The summed E-state index contributed by atoms with van der Waals surface area (Å²) in [5.41, 5.74) is 1.59. The highest BCUT2D eigenvalue weighted by Crippen LogP contribution is 2.22. The van der Waals surface area contributed by atoms with Crippen LogP contribution in [0.15, 0.2) is 24.3 Å². The van der Waals surface area contributed by atoms with Crippen LogP contribution in [0.1, 0.15) is 5.82 Å². The molecule has 116 valence electrons. The van der Waals surface area contributed by atoms with Gasteiger partial charge in [0.05, 0.1) is 17.6 Å². The third-order valence-electron chi connectivity index (χ3n) is 2.85. The minimum atomic E-state index is -0.00513. The van der Waals surface area contributed by atoms with Crippen LogP contribution < -0.4 is 5.32 Å². The molecular formula is C13H14Cl2N6O. The van der Waals surface area contributed by atoms with Crippen molar-refractivity contribution < 1.29 is 5.11 Å².